The number of carbonyl (C=O) groups is 1. The standard InChI is InChI=1S/C10H15NO3/c1-11-10(12)7-4-8(13-2)6-9(5-7)14-3/h4-5,7H,6H2,1-3H3,(H,11,12). The lowest BCUT2D eigenvalue weighted by molar-refractivity contribution is -0.122. The van der Waals surface area contributed by atoms with Gasteiger partial charge in [-0.25, -0.2) is 0 Å². The van der Waals surface area contributed by atoms with Crippen LogP contribution in [-0.2, 0) is 14.3 Å². The minimum atomic E-state index is -0.293. The van der Waals surface area contributed by atoms with Crippen LogP contribution in [0.4, 0.5) is 0 Å². The maximum atomic E-state index is 11.4. The number of rotatable bonds is 3. The van der Waals surface area contributed by atoms with Crippen LogP contribution in [0.25, 0.3) is 0 Å². The molecule has 0 aromatic carbocycles. The van der Waals surface area contributed by atoms with Gasteiger partial charge in [0.05, 0.1) is 26.6 Å². The van der Waals surface area contributed by atoms with Gasteiger partial charge in [0.15, 0.2) is 0 Å². The van der Waals surface area contributed by atoms with Crippen molar-refractivity contribution in [2.45, 2.75) is 6.42 Å². The monoisotopic (exact) mass is 197 g/mol. The lowest BCUT2D eigenvalue weighted by atomic mass is 10.00. The highest BCUT2D eigenvalue weighted by Crippen LogP contribution is 2.23. The topological polar surface area (TPSA) is 47.6 Å². The number of ether oxygens (including phenoxy) is 2. The molecule has 0 aromatic heterocycles. The Bertz CT molecular complexity index is 261. The van der Waals surface area contributed by atoms with Gasteiger partial charge in [-0.15, -0.1) is 0 Å². The van der Waals surface area contributed by atoms with E-state index in [1.807, 2.05) is 0 Å². The van der Waals surface area contributed by atoms with Crippen LogP contribution in [0.1, 0.15) is 6.42 Å². The van der Waals surface area contributed by atoms with E-state index < -0.39 is 0 Å². The van der Waals surface area contributed by atoms with Crippen LogP contribution >= 0.6 is 0 Å². The number of carbonyl (C=O) groups excluding carboxylic acids is 1. The van der Waals surface area contributed by atoms with Crippen molar-refractivity contribution in [3.05, 3.63) is 23.7 Å². The average molecular weight is 197 g/mol. The predicted octanol–water partition coefficient (Wildman–Crippen LogP) is 0.813. The van der Waals surface area contributed by atoms with Gasteiger partial charge >= 0.3 is 0 Å². The molecule has 4 nitrogen and oxygen atoms in total. The zero-order valence-corrected chi connectivity index (χ0v) is 8.66. The second-order valence-corrected chi connectivity index (χ2v) is 2.99. The molecule has 1 rings (SSSR count). The van der Waals surface area contributed by atoms with Crippen molar-refractivity contribution in [2.75, 3.05) is 21.3 Å². The highest BCUT2D eigenvalue weighted by atomic mass is 16.5. The van der Waals surface area contributed by atoms with Gasteiger partial charge in [-0.1, -0.05) is 0 Å². The lowest BCUT2D eigenvalue weighted by Gasteiger charge is -2.18. The van der Waals surface area contributed by atoms with E-state index in [-0.39, 0.29) is 11.8 Å². The Balaban J connectivity index is 2.81. The zero-order valence-electron chi connectivity index (χ0n) is 8.66. The predicted molar refractivity (Wildman–Crippen MR) is 52.4 cm³/mol. The summed E-state index contributed by atoms with van der Waals surface area (Å²) in [5.74, 6) is 1.17. The Kier molecular flexibility index (Phi) is 3.56. The Morgan fingerprint density at radius 2 is 1.86 bits per heavy atom. The third-order valence-corrected chi connectivity index (χ3v) is 2.15. The van der Waals surface area contributed by atoms with E-state index in [1.54, 1.807) is 33.4 Å². The molecule has 78 valence electrons. The van der Waals surface area contributed by atoms with Gasteiger partial charge in [0.25, 0.3) is 0 Å². The van der Waals surface area contributed by atoms with Gasteiger partial charge < -0.3 is 14.8 Å². The van der Waals surface area contributed by atoms with E-state index in [2.05, 4.69) is 5.32 Å². The molecule has 0 saturated heterocycles. The smallest absolute Gasteiger partial charge is 0.230 e. The van der Waals surface area contributed by atoms with Gasteiger partial charge in [-0.3, -0.25) is 4.79 Å². The van der Waals surface area contributed by atoms with Crippen molar-refractivity contribution in [3.8, 4) is 0 Å². The molecular formula is C10H15NO3. The zero-order chi connectivity index (χ0) is 10.6. The normalized spacial score (nSPS) is 16.8. The molecular weight excluding hydrogens is 182 g/mol. The Morgan fingerprint density at radius 1 is 1.36 bits per heavy atom. The summed E-state index contributed by atoms with van der Waals surface area (Å²) in [7, 11) is 4.79. The summed E-state index contributed by atoms with van der Waals surface area (Å²) < 4.78 is 10.2. The quantitative estimate of drug-likeness (QED) is 0.728. The van der Waals surface area contributed by atoms with Crippen LogP contribution in [0, 0.1) is 5.92 Å². The fourth-order valence-corrected chi connectivity index (χ4v) is 1.34. The van der Waals surface area contributed by atoms with Gasteiger partial charge in [0.1, 0.15) is 11.5 Å². The van der Waals surface area contributed by atoms with Crippen LogP contribution in [0.2, 0.25) is 0 Å². The maximum Gasteiger partial charge on any atom is 0.230 e. The average Bonchev–Trinajstić information content (AvgIpc) is 2.27. The fourth-order valence-electron chi connectivity index (χ4n) is 1.34. The minimum Gasteiger partial charge on any atom is -0.501 e. The van der Waals surface area contributed by atoms with Gasteiger partial charge in [0.2, 0.25) is 5.91 Å². The third kappa shape index (κ3) is 2.28. The van der Waals surface area contributed by atoms with Crippen LogP contribution in [0.15, 0.2) is 23.7 Å². The summed E-state index contributed by atoms with van der Waals surface area (Å²) in [6, 6.07) is 0. The molecule has 0 unspecified atom stereocenters. The minimum absolute atomic E-state index is 0.0613. The Labute approximate surface area is 83.6 Å². The van der Waals surface area contributed by atoms with Crippen LogP contribution in [0.5, 0.6) is 0 Å². The van der Waals surface area contributed by atoms with Crippen molar-refractivity contribution in [2.24, 2.45) is 5.92 Å². The van der Waals surface area contributed by atoms with E-state index in [9.17, 15) is 4.79 Å². The highest BCUT2D eigenvalue weighted by Gasteiger charge is 2.20. The molecule has 0 bridgehead atoms. The van der Waals surface area contributed by atoms with Crippen LogP contribution in [-0.4, -0.2) is 27.2 Å². The fraction of sp³-hybridized carbons (Fsp3) is 0.500. The molecule has 1 N–H and O–H groups in total. The second-order valence-electron chi connectivity index (χ2n) is 2.99. The number of methoxy groups -OCH3 is 2. The number of hydrogen-bond acceptors (Lipinski definition) is 3. The van der Waals surface area contributed by atoms with Crippen LogP contribution in [0.3, 0.4) is 0 Å². The number of amides is 1. The molecule has 1 aliphatic rings. The largest absolute Gasteiger partial charge is 0.501 e. The summed E-state index contributed by atoms with van der Waals surface area (Å²) in [4.78, 5) is 11.4. The third-order valence-electron chi connectivity index (χ3n) is 2.15. The summed E-state index contributed by atoms with van der Waals surface area (Å²) >= 11 is 0. The van der Waals surface area contributed by atoms with E-state index in [0.717, 1.165) is 11.5 Å². The van der Waals surface area contributed by atoms with E-state index in [1.165, 1.54) is 0 Å². The van der Waals surface area contributed by atoms with Gasteiger partial charge in [-0.05, 0) is 12.2 Å². The first-order valence-corrected chi connectivity index (χ1v) is 4.42. The summed E-state index contributed by atoms with van der Waals surface area (Å²) in [6.45, 7) is 0. The molecule has 0 atom stereocenters. The Morgan fingerprint density at radius 3 is 2.21 bits per heavy atom. The molecule has 4 heteroatoms. The molecule has 14 heavy (non-hydrogen) atoms. The van der Waals surface area contributed by atoms with E-state index in [4.69, 9.17) is 9.47 Å². The molecule has 0 fully saturated rings. The number of hydrogen-bond donors (Lipinski definition) is 1. The molecule has 0 spiro atoms. The van der Waals surface area contributed by atoms with Crippen molar-refractivity contribution >= 4 is 5.91 Å². The molecule has 0 aromatic rings. The first kappa shape index (κ1) is 10.6. The van der Waals surface area contributed by atoms with E-state index >= 15 is 0 Å². The lowest BCUT2D eigenvalue weighted by Crippen LogP contribution is -2.26. The van der Waals surface area contributed by atoms with Crippen molar-refractivity contribution in [3.63, 3.8) is 0 Å². The first-order chi connectivity index (χ1) is 6.71. The molecule has 0 aliphatic heterocycles. The second kappa shape index (κ2) is 4.69. The first-order valence-electron chi connectivity index (χ1n) is 4.42. The maximum absolute atomic E-state index is 11.4. The van der Waals surface area contributed by atoms with Gasteiger partial charge in [0, 0.05) is 7.05 Å². The van der Waals surface area contributed by atoms with Crippen molar-refractivity contribution in [1.82, 2.24) is 5.32 Å². The van der Waals surface area contributed by atoms with Crippen LogP contribution < -0.4 is 5.32 Å². The van der Waals surface area contributed by atoms with Gasteiger partial charge in [-0.2, -0.15) is 0 Å². The molecule has 0 saturated carbocycles. The van der Waals surface area contributed by atoms with Crippen molar-refractivity contribution < 1.29 is 14.3 Å². The SMILES string of the molecule is CNC(=O)C1C=C(OC)CC(OC)=C1. The Hall–Kier alpha value is -1.45. The summed E-state index contributed by atoms with van der Waals surface area (Å²) in [5, 5.41) is 2.58. The highest BCUT2D eigenvalue weighted by molar-refractivity contribution is 5.82. The van der Waals surface area contributed by atoms with E-state index in [0.29, 0.717) is 6.42 Å². The molecule has 0 heterocycles. The molecule has 1 amide bonds. The van der Waals surface area contributed by atoms with Crippen molar-refractivity contribution in [1.29, 1.82) is 0 Å². The summed E-state index contributed by atoms with van der Waals surface area (Å²) in [6.07, 6.45) is 4.20. The molecule has 0 radical (unpaired) electrons. The molecule has 1 aliphatic carbocycles. The summed E-state index contributed by atoms with van der Waals surface area (Å²) in [5.41, 5.74) is 0. The number of nitrogens with one attached hydrogen (secondary N) is 1.